The van der Waals surface area contributed by atoms with Crippen LogP contribution >= 0.6 is 12.2 Å². The van der Waals surface area contributed by atoms with Crippen LogP contribution in [-0.2, 0) is 14.8 Å². The smallest absolute Gasteiger partial charge is 0.243 e. The molecule has 0 saturated carbocycles. The lowest BCUT2D eigenvalue weighted by Gasteiger charge is -2.19. The number of thiocarbonyl (C=S) groups is 1. The third-order valence-corrected chi connectivity index (χ3v) is 7.70. The Morgan fingerprint density at radius 2 is 1.33 bits per heavy atom. The van der Waals surface area contributed by atoms with Crippen LogP contribution in [0.5, 0.6) is 0 Å². The highest BCUT2D eigenvalue weighted by molar-refractivity contribution is 7.89. The molecule has 4 rings (SSSR count). The van der Waals surface area contributed by atoms with Gasteiger partial charge in [0.05, 0.1) is 10.8 Å². The van der Waals surface area contributed by atoms with E-state index in [-0.39, 0.29) is 15.9 Å². The number of hydrogen-bond acceptors (Lipinski definition) is 4. The first-order valence-corrected chi connectivity index (χ1v) is 12.6. The van der Waals surface area contributed by atoms with E-state index in [1.54, 1.807) is 24.3 Å². The fraction of sp³-hybridized carbons (Fsp3) is 0.200. The summed E-state index contributed by atoms with van der Waals surface area (Å²) in [6.07, 6.45) is 1.78. The number of carbonyl (C=O) groups is 1. The zero-order valence-electron chi connectivity index (χ0n) is 18.0. The summed E-state index contributed by atoms with van der Waals surface area (Å²) < 4.78 is 26.9. The average Bonchev–Trinajstić information content (AvgIpc) is 3.37. The predicted molar refractivity (Wildman–Crippen MR) is 134 cm³/mol. The second-order valence-electron chi connectivity index (χ2n) is 7.83. The molecule has 33 heavy (non-hydrogen) atoms. The van der Waals surface area contributed by atoms with Crippen molar-refractivity contribution >= 4 is 38.9 Å². The van der Waals surface area contributed by atoms with Gasteiger partial charge in [-0.05, 0) is 60.5 Å². The van der Waals surface area contributed by atoms with E-state index in [1.165, 1.54) is 4.31 Å². The van der Waals surface area contributed by atoms with Gasteiger partial charge < -0.3 is 10.6 Å². The molecule has 1 amide bonds. The number of sulfonamides is 1. The molecule has 3 aromatic rings. The van der Waals surface area contributed by atoms with E-state index < -0.39 is 15.9 Å². The van der Waals surface area contributed by atoms with Crippen molar-refractivity contribution in [3.63, 3.8) is 0 Å². The van der Waals surface area contributed by atoms with Crippen LogP contribution in [0.1, 0.15) is 29.9 Å². The number of amides is 1. The summed E-state index contributed by atoms with van der Waals surface area (Å²) >= 11 is 5.36. The first-order valence-electron chi connectivity index (χ1n) is 10.8. The molecule has 8 heteroatoms. The largest absolute Gasteiger partial charge is 0.332 e. The van der Waals surface area contributed by atoms with E-state index in [0.29, 0.717) is 18.8 Å². The van der Waals surface area contributed by atoms with Gasteiger partial charge in [0.25, 0.3) is 0 Å². The van der Waals surface area contributed by atoms with Crippen molar-refractivity contribution in [2.24, 2.45) is 0 Å². The van der Waals surface area contributed by atoms with Gasteiger partial charge in [-0.3, -0.25) is 4.79 Å². The first kappa shape index (κ1) is 23.1. The Morgan fingerprint density at radius 1 is 0.818 bits per heavy atom. The number of anilines is 1. The van der Waals surface area contributed by atoms with Gasteiger partial charge in [-0.1, -0.05) is 60.7 Å². The molecule has 1 aliphatic rings. The standard InChI is InChI=1S/C25H25N3O3S2/c29-24(23(19-9-3-1-4-10-19)20-11-5-2-6-12-20)27-25(32)26-21-13-15-22(16-14-21)33(30,31)28-17-7-8-18-28/h1-6,9-16,23H,7-8,17-18H2,(H2,26,27,29,32). The first-order chi connectivity index (χ1) is 15.9. The van der Waals surface area contributed by atoms with Crippen molar-refractivity contribution in [2.45, 2.75) is 23.7 Å². The molecule has 1 heterocycles. The second kappa shape index (κ2) is 10.2. The van der Waals surface area contributed by atoms with Crippen molar-refractivity contribution in [1.29, 1.82) is 0 Å². The Balaban J connectivity index is 1.45. The highest BCUT2D eigenvalue weighted by Crippen LogP contribution is 2.25. The summed E-state index contributed by atoms with van der Waals surface area (Å²) in [5.41, 5.74) is 2.32. The molecular formula is C25H25N3O3S2. The number of rotatable bonds is 6. The Kier molecular flexibility index (Phi) is 7.17. The number of hydrogen-bond donors (Lipinski definition) is 2. The quantitative estimate of drug-likeness (QED) is 0.520. The maximum atomic E-state index is 13.2. The third kappa shape index (κ3) is 5.47. The number of nitrogens with one attached hydrogen (secondary N) is 2. The van der Waals surface area contributed by atoms with Crippen LogP contribution in [0, 0.1) is 0 Å². The van der Waals surface area contributed by atoms with Crippen LogP contribution < -0.4 is 10.6 Å². The third-order valence-electron chi connectivity index (χ3n) is 5.58. The van der Waals surface area contributed by atoms with Crippen molar-refractivity contribution < 1.29 is 13.2 Å². The lowest BCUT2D eigenvalue weighted by atomic mass is 9.90. The molecule has 1 aliphatic heterocycles. The summed E-state index contributed by atoms with van der Waals surface area (Å²) in [7, 11) is -3.47. The van der Waals surface area contributed by atoms with Crippen LogP contribution in [0.25, 0.3) is 0 Å². The minimum absolute atomic E-state index is 0.145. The summed E-state index contributed by atoms with van der Waals surface area (Å²) in [5, 5.41) is 5.89. The van der Waals surface area contributed by atoms with Crippen molar-refractivity contribution in [3.8, 4) is 0 Å². The molecule has 1 fully saturated rings. The van der Waals surface area contributed by atoms with Gasteiger partial charge in [0.2, 0.25) is 15.9 Å². The molecule has 0 atom stereocenters. The predicted octanol–water partition coefficient (Wildman–Crippen LogP) is 4.12. The molecule has 2 N–H and O–H groups in total. The van der Waals surface area contributed by atoms with Crippen LogP contribution in [0.4, 0.5) is 5.69 Å². The number of carbonyl (C=O) groups excluding carboxylic acids is 1. The Labute approximate surface area is 199 Å². The van der Waals surface area contributed by atoms with E-state index in [0.717, 1.165) is 24.0 Å². The molecule has 0 spiro atoms. The minimum Gasteiger partial charge on any atom is -0.332 e. The SMILES string of the molecule is O=C(NC(=S)Nc1ccc(S(=O)(=O)N2CCCC2)cc1)C(c1ccccc1)c1ccccc1. The lowest BCUT2D eigenvalue weighted by Crippen LogP contribution is -2.37. The molecule has 170 valence electrons. The molecule has 3 aromatic carbocycles. The van der Waals surface area contributed by atoms with Gasteiger partial charge >= 0.3 is 0 Å². The van der Waals surface area contributed by atoms with Gasteiger partial charge in [-0.25, -0.2) is 8.42 Å². The van der Waals surface area contributed by atoms with Crippen LogP contribution in [-0.4, -0.2) is 36.8 Å². The fourth-order valence-corrected chi connectivity index (χ4v) is 5.66. The Bertz CT molecular complexity index is 1170. The van der Waals surface area contributed by atoms with Gasteiger partial charge in [0, 0.05) is 18.8 Å². The van der Waals surface area contributed by atoms with E-state index in [1.807, 2.05) is 60.7 Å². The van der Waals surface area contributed by atoms with Crippen molar-refractivity contribution in [1.82, 2.24) is 9.62 Å². The molecule has 0 unspecified atom stereocenters. The normalized spacial score (nSPS) is 14.2. The molecular weight excluding hydrogens is 454 g/mol. The second-order valence-corrected chi connectivity index (χ2v) is 10.2. The van der Waals surface area contributed by atoms with Crippen LogP contribution in [0.3, 0.4) is 0 Å². The highest BCUT2D eigenvalue weighted by atomic mass is 32.2. The average molecular weight is 480 g/mol. The zero-order valence-corrected chi connectivity index (χ0v) is 19.6. The molecule has 6 nitrogen and oxygen atoms in total. The van der Waals surface area contributed by atoms with E-state index in [9.17, 15) is 13.2 Å². The van der Waals surface area contributed by atoms with Gasteiger partial charge in [0.15, 0.2) is 5.11 Å². The van der Waals surface area contributed by atoms with E-state index >= 15 is 0 Å². The van der Waals surface area contributed by atoms with Gasteiger partial charge in [-0.2, -0.15) is 4.31 Å². The monoisotopic (exact) mass is 479 g/mol. The maximum Gasteiger partial charge on any atom is 0.243 e. The zero-order chi connectivity index (χ0) is 23.3. The van der Waals surface area contributed by atoms with Crippen LogP contribution in [0.2, 0.25) is 0 Å². The lowest BCUT2D eigenvalue weighted by molar-refractivity contribution is -0.120. The summed E-state index contributed by atoms with van der Waals surface area (Å²) in [6, 6.07) is 25.4. The van der Waals surface area contributed by atoms with E-state index in [2.05, 4.69) is 10.6 Å². The molecule has 0 aliphatic carbocycles. The van der Waals surface area contributed by atoms with Gasteiger partial charge in [-0.15, -0.1) is 0 Å². The summed E-state index contributed by atoms with van der Waals surface area (Å²) in [5.74, 6) is -0.765. The summed E-state index contributed by atoms with van der Waals surface area (Å²) in [4.78, 5) is 13.4. The molecule has 0 aromatic heterocycles. The van der Waals surface area contributed by atoms with E-state index in [4.69, 9.17) is 12.2 Å². The Morgan fingerprint density at radius 3 is 1.85 bits per heavy atom. The number of benzene rings is 3. The topological polar surface area (TPSA) is 78.5 Å². The maximum absolute atomic E-state index is 13.2. The van der Waals surface area contributed by atoms with Gasteiger partial charge in [0.1, 0.15) is 0 Å². The van der Waals surface area contributed by atoms with Crippen molar-refractivity contribution in [2.75, 3.05) is 18.4 Å². The molecule has 0 bridgehead atoms. The highest BCUT2D eigenvalue weighted by Gasteiger charge is 2.27. The van der Waals surface area contributed by atoms with Crippen LogP contribution in [0.15, 0.2) is 89.8 Å². The van der Waals surface area contributed by atoms with Crippen molar-refractivity contribution in [3.05, 3.63) is 96.1 Å². The molecule has 1 saturated heterocycles. The fourth-order valence-electron chi connectivity index (χ4n) is 3.92. The molecule has 0 radical (unpaired) electrons. The Hall–Kier alpha value is -3.07. The minimum atomic E-state index is -3.47. The summed E-state index contributed by atoms with van der Waals surface area (Å²) in [6.45, 7) is 1.12. The number of nitrogens with zero attached hydrogens (tertiary/aromatic N) is 1.